The van der Waals surface area contributed by atoms with Crippen LogP contribution >= 0.6 is 0 Å². The summed E-state index contributed by atoms with van der Waals surface area (Å²) in [7, 11) is 0. The Kier molecular flexibility index (Phi) is 5.66. The van der Waals surface area contributed by atoms with Gasteiger partial charge in [0.1, 0.15) is 0 Å². The summed E-state index contributed by atoms with van der Waals surface area (Å²) in [6, 6.07) is 0. The number of hydrogen-bond donors (Lipinski definition) is 1. The van der Waals surface area contributed by atoms with E-state index in [4.69, 9.17) is 4.74 Å². The van der Waals surface area contributed by atoms with Gasteiger partial charge in [0.05, 0.1) is 12.2 Å². The third-order valence-electron chi connectivity index (χ3n) is 2.59. The maximum Gasteiger partial charge on any atom is 0.0599 e. The van der Waals surface area contributed by atoms with Crippen molar-refractivity contribution in [1.29, 1.82) is 0 Å². The molecule has 1 saturated heterocycles. The lowest BCUT2D eigenvalue weighted by Gasteiger charge is -2.24. The predicted molar refractivity (Wildman–Crippen MR) is 56.9 cm³/mol. The lowest BCUT2D eigenvalue weighted by Crippen LogP contribution is -2.24. The number of rotatable bonds is 4. The van der Waals surface area contributed by atoms with E-state index < -0.39 is 0 Å². The van der Waals surface area contributed by atoms with Crippen LogP contribution in [0.15, 0.2) is 0 Å². The zero-order chi connectivity index (χ0) is 10.2. The molecule has 0 aromatic heterocycles. The first-order chi connectivity index (χ1) is 6.83. The topological polar surface area (TPSA) is 29.5 Å². The first-order valence-electron chi connectivity index (χ1n) is 5.52. The lowest BCUT2D eigenvalue weighted by molar-refractivity contribution is -0.0160. The van der Waals surface area contributed by atoms with Gasteiger partial charge in [-0.3, -0.25) is 0 Å². The average Bonchev–Trinajstić information content (AvgIpc) is 2.20. The van der Waals surface area contributed by atoms with Crippen LogP contribution in [0.25, 0.3) is 0 Å². The van der Waals surface area contributed by atoms with Crippen LogP contribution in [0, 0.1) is 11.8 Å². The molecule has 0 spiro atoms. The first kappa shape index (κ1) is 11.6. The molecule has 1 heterocycles. The van der Waals surface area contributed by atoms with Crippen LogP contribution in [0.3, 0.4) is 0 Å². The van der Waals surface area contributed by atoms with Crippen LogP contribution < -0.4 is 0 Å². The Labute approximate surface area is 86.7 Å². The zero-order valence-electron chi connectivity index (χ0n) is 8.96. The van der Waals surface area contributed by atoms with Crippen molar-refractivity contribution in [3.8, 4) is 11.8 Å². The summed E-state index contributed by atoms with van der Waals surface area (Å²) in [4.78, 5) is 0. The predicted octanol–water partition coefficient (Wildman–Crippen LogP) is 2.11. The minimum absolute atomic E-state index is 0.237. The van der Waals surface area contributed by atoms with E-state index in [-0.39, 0.29) is 12.2 Å². The Balaban J connectivity index is 2.10. The molecule has 14 heavy (non-hydrogen) atoms. The molecular formula is C12H20O2. The minimum Gasteiger partial charge on any atom is -0.393 e. The summed E-state index contributed by atoms with van der Waals surface area (Å²) in [5.41, 5.74) is 0. The van der Waals surface area contributed by atoms with Gasteiger partial charge in [-0.25, -0.2) is 0 Å². The SMILES string of the molecule is CC#CCCC(O)CC1CCCCO1. The quantitative estimate of drug-likeness (QED) is 0.698. The van der Waals surface area contributed by atoms with Crippen LogP contribution in [-0.4, -0.2) is 23.9 Å². The number of aliphatic hydroxyl groups excluding tert-OH is 1. The van der Waals surface area contributed by atoms with Crippen molar-refractivity contribution in [1.82, 2.24) is 0 Å². The van der Waals surface area contributed by atoms with Gasteiger partial charge in [-0.15, -0.1) is 11.8 Å². The van der Waals surface area contributed by atoms with E-state index in [1.54, 1.807) is 0 Å². The van der Waals surface area contributed by atoms with E-state index in [1.165, 1.54) is 12.8 Å². The molecule has 0 saturated carbocycles. The van der Waals surface area contributed by atoms with E-state index in [0.717, 1.165) is 32.3 Å². The molecule has 0 radical (unpaired) electrons. The molecular weight excluding hydrogens is 176 g/mol. The van der Waals surface area contributed by atoms with Gasteiger partial charge in [-0.2, -0.15) is 0 Å². The summed E-state index contributed by atoms with van der Waals surface area (Å²) >= 11 is 0. The van der Waals surface area contributed by atoms with Gasteiger partial charge >= 0.3 is 0 Å². The third kappa shape index (κ3) is 4.64. The summed E-state index contributed by atoms with van der Waals surface area (Å²) in [6.45, 7) is 2.70. The van der Waals surface area contributed by atoms with Crippen LogP contribution in [0.4, 0.5) is 0 Å². The van der Waals surface area contributed by atoms with Crippen molar-refractivity contribution in [2.75, 3.05) is 6.61 Å². The molecule has 0 aromatic carbocycles. The van der Waals surface area contributed by atoms with Gasteiger partial charge < -0.3 is 9.84 Å². The second kappa shape index (κ2) is 6.86. The normalized spacial score (nSPS) is 23.7. The molecule has 1 rings (SSSR count). The van der Waals surface area contributed by atoms with E-state index in [2.05, 4.69) is 11.8 Å². The molecule has 1 N–H and O–H groups in total. The van der Waals surface area contributed by atoms with Gasteiger partial charge in [0, 0.05) is 13.0 Å². The highest BCUT2D eigenvalue weighted by Gasteiger charge is 2.17. The second-order valence-corrected chi connectivity index (χ2v) is 3.84. The van der Waals surface area contributed by atoms with Gasteiger partial charge in [0.25, 0.3) is 0 Å². The Morgan fingerprint density at radius 1 is 1.50 bits per heavy atom. The zero-order valence-corrected chi connectivity index (χ0v) is 8.96. The second-order valence-electron chi connectivity index (χ2n) is 3.84. The van der Waals surface area contributed by atoms with Crippen LogP contribution in [0.2, 0.25) is 0 Å². The van der Waals surface area contributed by atoms with Crippen LogP contribution in [0.5, 0.6) is 0 Å². The third-order valence-corrected chi connectivity index (χ3v) is 2.59. The molecule has 2 atom stereocenters. The smallest absolute Gasteiger partial charge is 0.0599 e. The summed E-state index contributed by atoms with van der Waals surface area (Å²) in [5, 5.41) is 9.68. The fourth-order valence-corrected chi connectivity index (χ4v) is 1.78. The number of aliphatic hydroxyl groups is 1. The average molecular weight is 196 g/mol. The van der Waals surface area contributed by atoms with Gasteiger partial charge in [0.2, 0.25) is 0 Å². The number of ether oxygens (including phenoxy) is 1. The largest absolute Gasteiger partial charge is 0.393 e. The Hall–Kier alpha value is -0.520. The maximum absolute atomic E-state index is 9.68. The molecule has 2 unspecified atom stereocenters. The van der Waals surface area contributed by atoms with E-state index >= 15 is 0 Å². The van der Waals surface area contributed by atoms with E-state index in [1.807, 2.05) is 6.92 Å². The highest BCUT2D eigenvalue weighted by molar-refractivity contribution is 4.95. The highest BCUT2D eigenvalue weighted by atomic mass is 16.5. The van der Waals surface area contributed by atoms with Crippen LogP contribution in [-0.2, 0) is 4.74 Å². The monoisotopic (exact) mass is 196 g/mol. The Morgan fingerprint density at radius 3 is 3.00 bits per heavy atom. The van der Waals surface area contributed by atoms with Gasteiger partial charge in [-0.05, 0) is 39.0 Å². The molecule has 0 aromatic rings. The number of hydrogen-bond acceptors (Lipinski definition) is 2. The first-order valence-corrected chi connectivity index (χ1v) is 5.52. The molecule has 0 amide bonds. The molecule has 80 valence electrons. The minimum atomic E-state index is -0.237. The van der Waals surface area contributed by atoms with Crippen molar-refractivity contribution >= 4 is 0 Å². The van der Waals surface area contributed by atoms with Crippen molar-refractivity contribution in [2.45, 2.75) is 57.7 Å². The van der Waals surface area contributed by atoms with Gasteiger partial charge in [0.15, 0.2) is 0 Å². The van der Waals surface area contributed by atoms with E-state index in [9.17, 15) is 5.11 Å². The summed E-state index contributed by atoms with van der Waals surface area (Å²) in [6.07, 6.45) is 5.93. The molecule has 0 aliphatic carbocycles. The summed E-state index contributed by atoms with van der Waals surface area (Å²) < 4.78 is 5.56. The van der Waals surface area contributed by atoms with Crippen LogP contribution in [0.1, 0.15) is 45.4 Å². The van der Waals surface area contributed by atoms with E-state index in [0.29, 0.717) is 0 Å². The maximum atomic E-state index is 9.68. The standard InChI is InChI=1S/C12H20O2/c1-2-3-4-7-11(13)10-12-8-5-6-9-14-12/h11-13H,4-10H2,1H3. The molecule has 0 bridgehead atoms. The van der Waals surface area contributed by atoms with Gasteiger partial charge in [-0.1, -0.05) is 0 Å². The molecule has 2 heteroatoms. The Bertz CT molecular complexity index is 196. The lowest BCUT2D eigenvalue weighted by atomic mass is 10.0. The van der Waals surface area contributed by atoms with Crippen molar-refractivity contribution < 1.29 is 9.84 Å². The summed E-state index contributed by atoms with van der Waals surface area (Å²) in [5.74, 6) is 5.80. The van der Waals surface area contributed by atoms with Crippen molar-refractivity contribution in [2.24, 2.45) is 0 Å². The molecule has 1 fully saturated rings. The molecule has 1 aliphatic rings. The van der Waals surface area contributed by atoms with Crippen molar-refractivity contribution in [3.63, 3.8) is 0 Å². The van der Waals surface area contributed by atoms with Crippen molar-refractivity contribution in [3.05, 3.63) is 0 Å². The molecule has 2 nitrogen and oxygen atoms in total. The fraction of sp³-hybridized carbons (Fsp3) is 0.833. The molecule has 1 aliphatic heterocycles. The fourth-order valence-electron chi connectivity index (χ4n) is 1.78. The Morgan fingerprint density at radius 2 is 2.36 bits per heavy atom. The highest BCUT2D eigenvalue weighted by Crippen LogP contribution is 2.18.